The maximum atomic E-state index is 15.3. The van der Waals surface area contributed by atoms with Crippen LogP contribution >= 0.6 is 11.6 Å². The van der Waals surface area contributed by atoms with Crippen LogP contribution in [-0.4, -0.2) is 46.7 Å². The summed E-state index contributed by atoms with van der Waals surface area (Å²) >= 11 is 6.07. The van der Waals surface area contributed by atoms with Gasteiger partial charge in [0.25, 0.3) is 0 Å². The second-order valence-electron chi connectivity index (χ2n) is 6.51. The van der Waals surface area contributed by atoms with Gasteiger partial charge in [-0.2, -0.15) is 0 Å². The molecule has 1 aliphatic heterocycles. The predicted octanol–water partition coefficient (Wildman–Crippen LogP) is 3.50. The van der Waals surface area contributed by atoms with Gasteiger partial charge in [-0.15, -0.1) is 0 Å². The zero-order valence-corrected chi connectivity index (χ0v) is 15.4. The van der Waals surface area contributed by atoms with E-state index in [1.807, 2.05) is 13.8 Å². The lowest BCUT2D eigenvalue weighted by molar-refractivity contribution is -0.00543. The monoisotopic (exact) mass is 390 g/mol. The number of benzene rings is 1. The Kier molecular flexibility index (Phi) is 4.53. The molecule has 7 nitrogen and oxygen atoms in total. The third kappa shape index (κ3) is 3.04. The van der Waals surface area contributed by atoms with Crippen molar-refractivity contribution in [3.8, 4) is 11.4 Å². The fourth-order valence-corrected chi connectivity index (χ4v) is 3.66. The molecule has 0 N–H and O–H groups in total. The van der Waals surface area contributed by atoms with Gasteiger partial charge in [0.1, 0.15) is 11.4 Å². The summed E-state index contributed by atoms with van der Waals surface area (Å²) in [5.41, 5.74) is 0.827. The molecule has 140 valence electrons. The number of hydrogen-bond donors (Lipinski definition) is 0. The number of aromatic nitrogens is 3. The summed E-state index contributed by atoms with van der Waals surface area (Å²) < 4.78 is 26.3. The fraction of sp³-hybridized carbons (Fsp3) is 0.333. The van der Waals surface area contributed by atoms with Gasteiger partial charge in [0.2, 0.25) is 5.58 Å². The van der Waals surface area contributed by atoms with Crippen LogP contribution in [0.4, 0.5) is 10.1 Å². The molecular formula is C18H16ClFN4O3. The molecule has 0 saturated carbocycles. The molecule has 1 aliphatic rings. The van der Waals surface area contributed by atoms with E-state index in [2.05, 4.69) is 15.1 Å². The molecule has 0 radical (unpaired) electrons. The van der Waals surface area contributed by atoms with Crippen molar-refractivity contribution in [3.63, 3.8) is 0 Å². The van der Waals surface area contributed by atoms with Crippen molar-refractivity contribution in [2.24, 2.45) is 0 Å². The molecule has 3 aromatic rings. The number of morpholine rings is 1. The van der Waals surface area contributed by atoms with Gasteiger partial charge in [0.15, 0.2) is 17.3 Å². The summed E-state index contributed by atoms with van der Waals surface area (Å²) in [6.07, 6.45) is 3.32. The number of nitrogens with zero attached hydrogens (tertiary/aromatic N) is 4. The molecular weight excluding hydrogens is 375 g/mol. The number of rotatable bonds is 3. The number of carbonyl (C=O) groups excluding carboxylic acids is 1. The van der Waals surface area contributed by atoms with E-state index in [9.17, 15) is 4.79 Å². The van der Waals surface area contributed by atoms with Gasteiger partial charge < -0.3 is 14.2 Å². The summed E-state index contributed by atoms with van der Waals surface area (Å²) in [6.45, 7) is 4.74. The topological polar surface area (TPSA) is 81.4 Å². The van der Waals surface area contributed by atoms with Gasteiger partial charge >= 0.3 is 0 Å². The summed E-state index contributed by atoms with van der Waals surface area (Å²) in [4.78, 5) is 21.6. The zero-order valence-electron chi connectivity index (χ0n) is 14.6. The standard InChI is InChI=1S/C18H16ClFN4O3/c1-9-6-24(7-10(2)26-9)16-11(8-25)5-12-14(23-27-17(12)13(16)20)15-18(19)22-4-3-21-15/h3-5,8-10H,6-7H2,1-2H3. The highest BCUT2D eigenvalue weighted by molar-refractivity contribution is 6.32. The Morgan fingerprint density at radius 2 is 1.93 bits per heavy atom. The van der Waals surface area contributed by atoms with Crippen LogP contribution in [0.3, 0.4) is 0 Å². The minimum absolute atomic E-state index is 0.0564. The van der Waals surface area contributed by atoms with Crippen molar-refractivity contribution in [1.82, 2.24) is 15.1 Å². The lowest BCUT2D eigenvalue weighted by atomic mass is 10.0. The first-order valence-electron chi connectivity index (χ1n) is 8.44. The highest BCUT2D eigenvalue weighted by atomic mass is 35.5. The van der Waals surface area contributed by atoms with Gasteiger partial charge in [-0.3, -0.25) is 4.79 Å². The number of carbonyl (C=O) groups is 1. The van der Waals surface area contributed by atoms with Crippen LogP contribution in [-0.2, 0) is 4.74 Å². The first-order chi connectivity index (χ1) is 13.0. The number of anilines is 1. The molecule has 27 heavy (non-hydrogen) atoms. The van der Waals surface area contributed by atoms with E-state index in [1.54, 1.807) is 11.0 Å². The number of ether oxygens (including phenoxy) is 1. The minimum Gasteiger partial charge on any atom is -0.372 e. The Morgan fingerprint density at radius 3 is 2.59 bits per heavy atom. The van der Waals surface area contributed by atoms with Crippen LogP contribution < -0.4 is 4.90 Å². The largest absolute Gasteiger partial charge is 0.372 e. The molecule has 9 heteroatoms. The molecule has 1 aromatic carbocycles. The second kappa shape index (κ2) is 6.86. The molecule has 0 bridgehead atoms. The van der Waals surface area contributed by atoms with E-state index in [-0.39, 0.29) is 45.6 Å². The van der Waals surface area contributed by atoms with Crippen LogP contribution in [0.1, 0.15) is 24.2 Å². The summed E-state index contributed by atoms with van der Waals surface area (Å²) in [5, 5.41) is 4.34. The van der Waals surface area contributed by atoms with E-state index in [0.717, 1.165) is 0 Å². The predicted molar refractivity (Wildman–Crippen MR) is 97.6 cm³/mol. The first kappa shape index (κ1) is 17.8. The van der Waals surface area contributed by atoms with E-state index in [0.29, 0.717) is 24.8 Å². The van der Waals surface area contributed by atoms with Gasteiger partial charge in [0.05, 0.1) is 23.3 Å². The molecule has 0 spiro atoms. The highest BCUT2D eigenvalue weighted by Gasteiger charge is 2.29. The lowest BCUT2D eigenvalue weighted by Crippen LogP contribution is -2.46. The average Bonchev–Trinajstić information content (AvgIpc) is 3.05. The SMILES string of the molecule is CC1CN(c2c(C=O)cc3c(-c4nccnc4Cl)noc3c2F)CC(C)O1. The minimum atomic E-state index is -0.644. The summed E-state index contributed by atoms with van der Waals surface area (Å²) in [6, 6.07) is 1.54. The second-order valence-corrected chi connectivity index (χ2v) is 6.87. The summed E-state index contributed by atoms with van der Waals surface area (Å²) in [7, 11) is 0. The average molecular weight is 391 g/mol. The number of halogens is 2. The van der Waals surface area contributed by atoms with E-state index in [4.69, 9.17) is 20.9 Å². The van der Waals surface area contributed by atoms with Crippen molar-refractivity contribution in [1.29, 1.82) is 0 Å². The smallest absolute Gasteiger partial charge is 0.205 e. The Morgan fingerprint density at radius 1 is 1.22 bits per heavy atom. The van der Waals surface area contributed by atoms with E-state index in [1.165, 1.54) is 12.4 Å². The fourth-order valence-electron chi connectivity index (χ4n) is 3.47. The zero-order chi connectivity index (χ0) is 19.1. The first-order valence-corrected chi connectivity index (χ1v) is 8.81. The molecule has 0 amide bonds. The molecule has 0 aliphatic carbocycles. The van der Waals surface area contributed by atoms with Gasteiger partial charge in [-0.05, 0) is 19.9 Å². The number of aldehydes is 1. The third-order valence-electron chi connectivity index (χ3n) is 4.45. The maximum absolute atomic E-state index is 15.3. The molecule has 2 unspecified atom stereocenters. The lowest BCUT2D eigenvalue weighted by Gasteiger charge is -2.37. The molecule has 2 aromatic heterocycles. The molecule has 3 heterocycles. The van der Waals surface area contributed by atoms with Crippen molar-refractivity contribution in [2.45, 2.75) is 26.1 Å². The van der Waals surface area contributed by atoms with Gasteiger partial charge in [0, 0.05) is 31.0 Å². The van der Waals surface area contributed by atoms with Crippen molar-refractivity contribution >= 4 is 34.5 Å². The van der Waals surface area contributed by atoms with Crippen molar-refractivity contribution < 1.29 is 18.4 Å². The Balaban J connectivity index is 1.90. The normalized spacial score (nSPS) is 20.2. The van der Waals surface area contributed by atoms with Crippen molar-refractivity contribution in [3.05, 3.63) is 35.0 Å². The van der Waals surface area contributed by atoms with E-state index < -0.39 is 5.82 Å². The third-order valence-corrected chi connectivity index (χ3v) is 4.73. The van der Waals surface area contributed by atoms with Gasteiger partial charge in [-0.1, -0.05) is 16.8 Å². The van der Waals surface area contributed by atoms with Crippen molar-refractivity contribution in [2.75, 3.05) is 18.0 Å². The quantitative estimate of drug-likeness (QED) is 0.633. The maximum Gasteiger partial charge on any atom is 0.205 e. The van der Waals surface area contributed by atoms with E-state index >= 15 is 4.39 Å². The molecule has 1 fully saturated rings. The highest BCUT2D eigenvalue weighted by Crippen LogP contribution is 2.37. The summed E-state index contributed by atoms with van der Waals surface area (Å²) in [5.74, 6) is -0.644. The number of hydrogen-bond acceptors (Lipinski definition) is 7. The van der Waals surface area contributed by atoms with Crippen LogP contribution in [0.25, 0.3) is 22.4 Å². The molecule has 4 rings (SSSR count). The number of fused-ring (bicyclic) bond motifs is 1. The Labute approximate surface area is 159 Å². The van der Waals surface area contributed by atoms with Gasteiger partial charge in [-0.25, -0.2) is 14.4 Å². The van der Waals surface area contributed by atoms with Crippen LogP contribution in [0.2, 0.25) is 5.15 Å². The molecule has 1 saturated heterocycles. The van der Waals surface area contributed by atoms with Crippen LogP contribution in [0.5, 0.6) is 0 Å². The van der Waals surface area contributed by atoms with Crippen LogP contribution in [0, 0.1) is 5.82 Å². The molecule has 2 atom stereocenters. The van der Waals surface area contributed by atoms with Crippen LogP contribution in [0.15, 0.2) is 23.0 Å². The Hall–Kier alpha value is -2.58. The Bertz CT molecular complexity index is 1020.